The summed E-state index contributed by atoms with van der Waals surface area (Å²) in [7, 11) is -1.59. The van der Waals surface area contributed by atoms with Crippen LogP contribution in [0.5, 0.6) is 5.75 Å². The number of ketones is 1. The molecule has 0 fully saturated rings. The first-order valence-electron chi connectivity index (χ1n) is 10.5. The second-order valence-corrected chi connectivity index (χ2v) is 11.8. The highest BCUT2D eigenvalue weighted by molar-refractivity contribution is 7.89. The Bertz CT molecular complexity index is 1320. The number of aliphatic hydroxyl groups is 1. The Morgan fingerprint density at radius 2 is 1.77 bits per heavy atom. The summed E-state index contributed by atoms with van der Waals surface area (Å²) in [5.41, 5.74) is -0.831. The van der Waals surface area contributed by atoms with Gasteiger partial charge < -0.3 is 20.8 Å². The SMILES string of the molecule is CN(C)S(=O)(=O)c1c(Cl)ccc(NC2=C(NC(c3ccc(F)cc3F)C(C)(C)C)C(=O)C2O)c1O. The van der Waals surface area contributed by atoms with Crippen molar-refractivity contribution in [1.29, 1.82) is 0 Å². The van der Waals surface area contributed by atoms with Crippen LogP contribution >= 0.6 is 11.6 Å². The third kappa shape index (κ3) is 4.99. The van der Waals surface area contributed by atoms with Gasteiger partial charge in [0, 0.05) is 25.7 Å². The zero-order chi connectivity index (χ0) is 26.5. The van der Waals surface area contributed by atoms with Crippen molar-refractivity contribution < 1.29 is 32.2 Å². The van der Waals surface area contributed by atoms with Gasteiger partial charge in [-0.05, 0) is 23.6 Å². The predicted molar refractivity (Wildman–Crippen MR) is 127 cm³/mol. The predicted octanol–water partition coefficient (Wildman–Crippen LogP) is 3.52. The monoisotopic (exact) mass is 529 g/mol. The van der Waals surface area contributed by atoms with Crippen molar-refractivity contribution in [1.82, 2.24) is 9.62 Å². The summed E-state index contributed by atoms with van der Waals surface area (Å²) in [6, 6.07) is 4.82. The first kappa shape index (κ1) is 26.9. The maximum absolute atomic E-state index is 14.6. The molecule has 0 aliphatic heterocycles. The number of hydrogen-bond donors (Lipinski definition) is 4. The van der Waals surface area contributed by atoms with Crippen molar-refractivity contribution in [3.63, 3.8) is 0 Å². The molecule has 0 amide bonds. The van der Waals surface area contributed by atoms with Crippen molar-refractivity contribution in [2.45, 2.75) is 37.8 Å². The Hall–Kier alpha value is -2.73. The maximum Gasteiger partial charge on any atom is 0.247 e. The number of halogens is 3. The van der Waals surface area contributed by atoms with Gasteiger partial charge in [-0.3, -0.25) is 4.79 Å². The lowest BCUT2D eigenvalue weighted by atomic mass is 9.80. The number of Topliss-reactive ketones (excluding diaryl/α,β-unsaturated/α-hetero) is 1. The number of phenols is 1. The van der Waals surface area contributed by atoms with E-state index >= 15 is 0 Å². The Labute approximate surface area is 207 Å². The second-order valence-electron chi connectivity index (χ2n) is 9.35. The van der Waals surface area contributed by atoms with Crippen molar-refractivity contribution in [2.75, 3.05) is 19.4 Å². The van der Waals surface area contributed by atoms with Gasteiger partial charge in [-0.15, -0.1) is 0 Å². The average molecular weight is 530 g/mol. The van der Waals surface area contributed by atoms with Gasteiger partial charge in [0.15, 0.2) is 11.9 Å². The van der Waals surface area contributed by atoms with Crippen LogP contribution in [0, 0.1) is 17.0 Å². The molecule has 190 valence electrons. The fourth-order valence-corrected chi connectivity index (χ4v) is 5.08. The van der Waals surface area contributed by atoms with Crippen molar-refractivity contribution in [2.24, 2.45) is 5.41 Å². The number of phenolic OH excluding ortho intramolecular Hbond substituents is 1. The molecule has 35 heavy (non-hydrogen) atoms. The summed E-state index contributed by atoms with van der Waals surface area (Å²) in [6.07, 6.45) is -1.60. The van der Waals surface area contributed by atoms with Crippen LogP contribution in [0.25, 0.3) is 0 Å². The first-order chi connectivity index (χ1) is 16.1. The van der Waals surface area contributed by atoms with Crippen LogP contribution in [0.15, 0.2) is 46.6 Å². The third-order valence-electron chi connectivity index (χ3n) is 5.56. The highest BCUT2D eigenvalue weighted by atomic mass is 35.5. The summed E-state index contributed by atoms with van der Waals surface area (Å²) in [5, 5.41) is 26.3. The molecule has 3 rings (SSSR count). The van der Waals surface area contributed by atoms with E-state index in [1.807, 2.05) is 0 Å². The van der Waals surface area contributed by atoms with E-state index in [9.17, 15) is 32.2 Å². The molecular weight excluding hydrogens is 504 g/mol. The summed E-state index contributed by atoms with van der Waals surface area (Å²) in [5.74, 6) is -2.97. The zero-order valence-electron chi connectivity index (χ0n) is 19.6. The third-order valence-corrected chi connectivity index (χ3v) is 7.87. The van der Waals surface area contributed by atoms with Gasteiger partial charge >= 0.3 is 0 Å². The number of benzene rings is 2. The number of aromatic hydroxyl groups is 1. The smallest absolute Gasteiger partial charge is 0.247 e. The molecule has 12 heteroatoms. The largest absolute Gasteiger partial charge is 0.504 e. The Morgan fingerprint density at radius 1 is 1.14 bits per heavy atom. The number of rotatable bonds is 7. The van der Waals surface area contributed by atoms with Crippen LogP contribution in [0.2, 0.25) is 5.02 Å². The minimum Gasteiger partial charge on any atom is -0.504 e. The maximum atomic E-state index is 14.6. The highest BCUT2D eigenvalue weighted by Gasteiger charge is 2.42. The fraction of sp³-hybridized carbons (Fsp3) is 0.348. The van der Waals surface area contributed by atoms with Crippen LogP contribution in [-0.2, 0) is 14.8 Å². The summed E-state index contributed by atoms with van der Waals surface area (Å²) < 4.78 is 54.1. The Balaban J connectivity index is 2.05. The molecule has 2 unspecified atom stereocenters. The Kier molecular flexibility index (Phi) is 7.20. The lowest BCUT2D eigenvalue weighted by Crippen LogP contribution is -2.48. The van der Waals surface area contributed by atoms with Gasteiger partial charge in [0.1, 0.15) is 22.2 Å². The number of hydrogen-bond acceptors (Lipinski definition) is 7. The molecule has 8 nitrogen and oxygen atoms in total. The van der Waals surface area contributed by atoms with Crippen LogP contribution in [0.1, 0.15) is 32.4 Å². The highest BCUT2D eigenvalue weighted by Crippen LogP contribution is 2.41. The van der Waals surface area contributed by atoms with Gasteiger partial charge in [0.25, 0.3) is 0 Å². The van der Waals surface area contributed by atoms with E-state index in [1.165, 1.54) is 32.3 Å². The van der Waals surface area contributed by atoms with E-state index < -0.39 is 55.6 Å². The van der Waals surface area contributed by atoms with E-state index in [0.717, 1.165) is 16.4 Å². The Morgan fingerprint density at radius 3 is 2.31 bits per heavy atom. The molecule has 1 aliphatic carbocycles. The lowest BCUT2D eigenvalue weighted by molar-refractivity contribution is -0.125. The molecule has 0 aromatic heterocycles. The van der Waals surface area contributed by atoms with Gasteiger partial charge in [0.05, 0.1) is 22.4 Å². The van der Waals surface area contributed by atoms with Gasteiger partial charge in [0.2, 0.25) is 15.8 Å². The number of carbonyl (C=O) groups excluding carboxylic acids is 1. The number of nitrogens with one attached hydrogen (secondary N) is 2. The van der Waals surface area contributed by atoms with Gasteiger partial charge in [-0.2, -0.15) is 0 Å². The van der Waals surface area contributed by atoms with Crippen LogP contribution in [0.3, 0.4) is 0 Å². The topological polar surface area (TPSA) is 119 Å². The molecule has 0 spiro atoms. The van der Waals surface area contributed by atoms with E-state index in [1.54, 1.807) is 20.8 Å². The lowest BCUT2D eigenvalue weighted by Gasteiger charge is -2.38. The number of sulfonamides is 1. The minimum atomic E-state index is -4.13. The molecule has 1 aliphatic rings. The van der Waals surface area contributed by atoms with E-state index in [-0.39, 0.29) is 27.7 Å². The fourth-order valence-electron chi connectivity index (χ4n) is 3.60. The molecule has 4 N–H and O–H groups in total. The van der Waals surface area contributed by atoms with Crippen LogP contribution in [0.4, 0.5) is 14.5 Å². The molecular formula is C23H26ClF2N3O5S. The quantitative estimate of drug-likeness (QED) is 0.405. The number of anilines is 1. The molecule has 2 aromatic rings. The molecule has 2 atom stereocenters. The average Bonchev–Trinajstić information content (AvgIpc) is 2.74. The molecule has 0 heterocycles. The molecule has 0 saturated carbocycles. The van der Waals surface area contributed by atoms with Crippen molar-refractivity contribution in [3.05, 3.63) is 63.9 Å². The summed E-state index contributed by atoms with van der Waals surface area (Å²) in [4.78, 5) is 11.9. The summed E-state index contributed by atoms with van der Waals surface area (Å²) in [6.45, 7) is 5.35. The summed E-state index contributed by atoms with van der Waals surface area (Å²) >= 11 is 6.02. The first-order valence-corrected chi connectivity index (χ1v) is 12.3. The van der Waals surface area contributed by atoms with Gasteiger partial charge in [-0.1, -0.05) is 38.4 Å². The number of carbonyl (C=O) groups is 1. The molecule has 2 aromatic carbocycles. The van der Waals surface area contributed by atoms with Gasteiger partial charge in [-0.25, -0.2) is 21.5 Å². The van der Waals surface area contributed by atoms with Crippen molar-refractivity contribution >= 4 is 33.1 Å². The standard InChI is InChI=1S/C23H26ClF2N3O5S/c1-23(2,3)22(12-7-6-11(25)10-14(12)26)28-17-16(19(31)20(17)32)27-15-9-8-13(24)21(18(15)30)35(33,34)29(4)5/h6-10,19,22,27-28,30-31H,1-5H3. The number of aliphatic hydroxyl groups excluding tert-OH is 1. The zero-order valence-corrected chi connectivity index (χ0v) is 21.2. The normalized spacial score (nSPS) is 17.4. The van der Waals surface area contributed by atoms with Crippen LogP contribution in [-0.4, -0.2) is 48.9 Å². The van der Waals surface area contributed by atoms with Crippen LogP contribution < -0.4 is 10.6 Å². The number of nitrogens with zero attached hydrogens (tertiary/aromatic N) is 1. The van der Waals surface area contributed by atoms with E-state index in [2.05, 4.69) is 10.6 Å². The van der Waals surface area contributed by atoms with E-state index in [0.29, 0.717) is 0 Å². The second kappa shape index (κ2) is 9.38. The molecule has 0 radical (unpaired) electrons. The molecule has 0 saturated heterocycles. The van der Waals surface area contributed by atoms with Crippen molar-refractivity contribution in [3.8, 4) is 5.75 Å². The minimum absolute atomic E-state index is 0.0578. The molecule has 0 bridgehead atoms. The van der Waals surface area contributed by atoms with E-state index in [4.69, 9.17) is 11.6 Å².